The minimum absolute atomic E-state index is 0.0543. The minimum atomic E-state index is -1.41. The smallest absolute Gasteiger partial charge is 0.412 e. The third-order valence-corrected chi connectivity index (χ3v) is 9.24. The van der Waals surface area contributed by atoms with Crippen LogP contribution in [0.25, 0.3) is 11.3 Å². The van der Waals surface area contributed by atoms with E-state index in [0.29, 0.717) is 73.5 Å². The number of aromatic amines is 1. The van der Waals surface area contributed by atoms with E-state index >= 15 is 4.39 Å². The number of methoxy groups -OCH3 is 1. The fourth-order valence-electron chi connectivity index (χ4n) is 6.73. The summed E-state index contributed by atoms with van der Waals surface area (Å²) in [5, 5.41) is 8.37. The number of anilines is 3. The summed E-state index contributed by atoms with van der Waals surface area (Å²) in [7, 11) is 1.26. The molecule has 48 heavy (non-hydrogen) atoms. The Labute approximate surface area is 280 Å². The third kappa shape index (κ3) is 6.48. The molecule has 2 bridgehead atoms. The largest absolute Gasteiger partial charge is 0.464 e. The fraction of sp³-hybridized carbons (Fsp3) is 0.424. The second kappa shape index (κ2) is 13.7. The fourth-order valence-corrected chi connectivity index (χ4v) is 6.89. The number of amides is 3. The lowest BCUT2D eigenvalue weighted by molar-refractivity contribution is -0.144. The number of hydrogen-bond acceptors (Lipinski definition) is 9. The van der Waals surface area contributed by atoms with Crippen molar-refractivity contribution in [1.82, 2.24) is 14.9 Å². The number of ether oxygens (including phenoxy) is 3. The molecule has 1 saturated heterocycles. The molecule has 3 aromatic rings. The number of nitrogens with one attached hydrogen (secondary N) is 4. The van der Waals surface area contributed by atoms with Crippen molar-refractivity contribution in [2.24, 2.45) is 0 Å². The molecular formula is C33H36ClFN6O7. The number of H-pyrrole nitrogens is 1. The summed E-state index contributed by atoms with van der Waals surface area (Å²) in [5.74, 6) is -1.63. The second-order valence-electron chi connectivity index (χ2n) is 12.0. The molecule has 0 radical (unpaired) electrons. The van der Waals surface area contributed by atoms with Crippen LogP contribution in [0.15, 0.2) is 36.5 Å². The first kappa shape index (κ1) is 33.1. The normalized spacial score (nSPS) is 22.0. The van der Waals surface area contributed by atoms with Crippen molar-refractivity contribution in [3.05, 3.63) is 58.8 Å². The molecule has 4 N–H and O–H groups in total. The molecule has 1 fully saturated rings. The molecule has 0 unspecified atom stereocenters. The Balaban J connectivity index is 1.34. The van der Waals surface area contributed by atoms with E-state index in [0.717, 1.165) is 0 Å². The topological polar surface area (TPSA) is 164 Å². The lowest BCUT2D eigenvalue weighted by Gasteiger charge is -2.45. The number of halogens is 2. The average molecular weight is 683 g/mol. The molecule has 6 rings (SSSR count). The van der Waals surface area contributed by atoms with Gasteiger partial charge >= 0.3 is 18.2 Å². The molecular weight excluding hydrogens is 647 g/mol. The van der Waals surface area contributed by atoms with Gasteiger partial charge in [0.2, 0.25) is 5.91 Å². The third-order valence-electron chi connectivity index (χ3n) is 8.94. The number of esters is 1. The van der Waals surface area contributed by atoms with Gasteiger partial charge in [-0.3, -0.25) is 15.4 Å². The molecule has 1 aromatic heterocycles. The van der Waals surface area contributed by atoms with E-state index in [1.165, 1.54) is 19.2 Å². The van der Waals surface area contributed by atoms with Crippen molar-refractivity contribution < 1.29 is 37.8 Å². The van der Waals surface area contributed by atoms with Gasteiger partial charge in [0, 0.05) is 23.5 Å². The maximum Gasteiger partial charge on any atom is 0.412 e. The molecule has 13 nitrogen and oxygen atoms in total. The minimum Gasteiger partial charge on any atom is -0.464 e. The summed E-state index contributed by atoms with van der Waals surface area (Å²) in [4.78, 5) is 61.4. The van der Waals surface area contributed by atoms with Crippen LogP contribution in [0.3, 0.4) is 0 Å². The number of piperidine rings is 1. The highest BCUT2D eigenvalue weighted by Crippen LogP contribution is 2.46. The van der Waals surface area contributed by atoms with Crippen LogP contribution < -0.4 is 16.0 Å². The van der Waals surface area contributed by atoms with E-state index in [1.54, 1.807) is 36.2 Å². The maximum atomic E-state index is 15.5. The zero-order chi connectivity index (χ0) is 34.0. The standard InChI is InChI=1S/C33H36ClFN6O7/c1-3-47-30(43)23-8-5-4-7-20(28-36-16-25(39-28)19-10-9-18(15-24(19)38-23)37-31(44)46-2)29(42)41-14-6-13-33(17-41)26-22(40-32(45)48-33)12-11-21(34)27(26)35/h9-12,15-16,20,23,38H,3-8,13-14,17H2,1-2H3,(H,36,39)(H,37,44)(H,40,45)/t20-,23-,33+/m1/s1. The highest BCUT2D eigenvalue weighted by molar-refractivity contribution is 6.31. The zero-order valence-corrected chi connectivity index (χ0v) is 27.2. The van der Waals surface area contributed by atoms with Gasteiger partial charge in [-0.2, -0.15) is 0 Å². The Morgan fingerprint density at radius 2 is 1.98 bits per heavy atom. The number of carbonyl (C=O) groups excluding carboxylic acids is 4. The monoisotopic (exact) mass is 682 g/mol. The average Bonchev–Trinajstić information content (AvgIpc) is 3.55. The van der Waals surface area contributed by atoms with Gasteiger partial charge in [-0.15, -0.1) is 0 Å². The van der Waals surface area contributed by atoms with Crippen molar-refractivity contribution in [3.8, 4) is 11.3 Å². The van der Waals surface area contributed by atoms with Crippen molar-refractivity contribution in [1.29, 1.82) is 0 Å². The second-order valence-corrected chi connectivity index (χ2v) is 12.4. The van der Waals surface area contributed by atoms with Crippen LogP contribution in [-0.2, 0) is 29.4 Å². The molecule has 15 heteroatoms. The molecule has 3 aliphatic rings. The summed E-state index contributed by atoms with van der Waals surface area (Å²) >= 11 is 6.14. The van der Waals surface area contributed by atoms with Crippen LogP contribution >= 0.6 is 11.6 Å². The highest BCUT2D eigenvalue weighted by atomic mass is 35.5. The van der Waals surface area contributed by atoms with Crippen molar-refractivity contribution in [2.75, 3.05) is 42.8 Å². The first-order valence-corrected chi connectivity index (χ1v) is 16.2. The molecule has 3 atom stereocenters. The van der Waals surface area contributed by atoms with Gasteiger partial charge < -0.3 is 29.4 Å². The summed E-state index contributed by atoms with van der Waals surface area (Å²) in [6.07, 6.45) is 2.99. The molecule has 3 amide bonds. The van der Waals surface area contributed by atoms with Crippen LogP contribution in [0.5, 0.6) is 0 Å². The van der Waals surface area contributed by atoms with Gasteiger partial charge in [0.05, 0.1) is 54.3 Å². The Bertz CT molecular complexity index is 1750. The van der Waals surface area contributed by atoms with E-state index in [4.69, 9.17) is 25.8 Å². The maximum absolute atomic E-state index is 15.5. The van der Waals surface area contributed by atoms with Gasteiger partial charge in [0.25, 0.3) is 0 Å². The Hall–Kier alpha value is -4.85. The van der Waals surface area contributed by atoms with Gasteiger partial charge in [-0.25, -0.2) is 23.8 Å². The van der Waals surface area contributed by atoms with E-state index in [1.807, 2.05) is 0 Å². The SMILES string of the molecule is CCOC(=O)[C@H]1CCCC[C@@H](C(=O)N2CCC[C@@]3(C2)OC(=O)Nc2ccc(Cl)c(F)c23)c2ncc([nH]2)-c2ccc(NC(=O)OC)cc2N1. The van der Waals surface area contributed by atoms with E-state index in [2.05, 4.69) is 25.9 Å². The predicted molar refractivity (Wildman–Crippen MR) is 174 cm³/mol. The van der Waals surface area contributed by atoms with E-state index in [9.17, 15) is 19.2 Å². The quantitative estimate of drug-likeness (QED) is 0.187. The molecule has 4 heterocycles. The number of imidazole rings is 1. The number of benzene rings is 2. The Morgan fingerprint density at radius 1 is 1.17 bits per heavy atom. The van der Waals surface area contributed by atoms with E-state index < -0.39 is 41.5 Å². The van der Waals surface area contributed by atoms with Crippen LogP contribution in [0.4, 0.5) is 31.0 Å². The lowest BCUT2D eigenvalue weighted by atomic mass is 9.82. The number of carbonyl (C=O) groups is 4. The van der Waals surface area contributed by atoms with E-state index in [-0.39, 0.29) is 35.3 Å². The van der Waals surface area contributed by atoms with Crippen molar-refractivity contribution >= 4 is 52.7 Å². The summed E-state index contributed by atoms with van der Waals surface area (Å²) in [6.45, 7) is 2.26. The number of rotatable bonds is 4. The summed E-state index contributed by atoms with van der Waals surface area (Å²) in [5.41, 5.74) is 1.17. The van der Waals surface area contributed by atoms with Gasteiger partial charge in [0.15, 0.2) is 11.4 Å². The number of aromatic nitrogens is 2. The molecule has 3 aliphatic heterocycles. The van der Waals surface area contributed by atoms with Crippen molar-refractivity contribution in [3.63, 3.8) is 0 Å². The number of fused-ring (bicyclic) bond motifs is 6. The zero-order valence-electron chi connectivity index (χ0n) is 26.5. The molecule has 0 aliphatic carbocycles. The number of nitrogens with zero attached hydrogens (tertiary/aromatic N) is 2. The van der Waals surface area contributed by atoms with Gasteiger partial charge in [0.1, 0.15) is 11.9 Å². The molecule has 0 saturated carbocycles. The van der Waals surface area contributed by atoms with Gasteiger partial charge in [-0.1, -0.05) is 24.4 Å². The lowest BCUT2D eigenvalue weighted by Crippen LogP contribution is -2.54. The van der Waals surface area contributed by atoms with Crippen LogP contribution in [0, 0.1) is 5.82 Å². The number of hydrogen-bond donors (Lipinski definition) is 4. The Morgan fingerprint density at radius 3 is 2.77 bits per heavy atom. The first-order valence-electron chi connectivity index (χ1n) is 15.9. The van der Waals surface area contributed by atoms with Crippen LogP contribution in [-0.4, -0.2) is 71.8 Å². The van der Waals surface area contributed by atoms with Crippen LogP contribution in [0.2, 0.25) is 5.02 Å². The first-order chi connectivity index (χ1) is 23.1. The van der Waals surface area contributed by atoms with Crippen molar-refractivity contribution in [2.45, 2.75) is 63.0 Å². The molecule has 1 spiro atoms. The Kier molecular flexibility index (Phi) is 9.45. The molecule has 254 valence electrons. The molecule has 2 aromatic carbocycles. The summed E-state index contributed by atoms with van der Waals surface area (Å²) < 4.78 is 31.3. The van der Waals surface area contributed by atoms with Gasteiger partial charge in [-0.05, 0) is 62.9 Å². The predicted octanol–water partition coefficient (Wildman–Crippen LogP) is 6.13. The highest BCUT2D eigenvalue weighted by Gasteiger charge is 2.49. The summed E-state index contributed by atoms with van der Waals surface area (Å²) in [6, 6.07) is 7.33. The van der Waals surface area contributed by atoms with Crippen LogP contribution in [0.1, 0.15) is 62.8 Å². The number of likely N-dealkylation sites (tertiary alicyclic amines) is 1.